The first-order chi connectivity index (χ1) is 15.6. The number of anilines is 1. The average molecular weight is 469 g/mol. The van der Waals surface area contributed by atoms with Gasteiger partial charge in [0.1, 0.15) is 16.8 Å². The smallest absolute Gasteiger partial charge is 0.238 e. The molecule has 0 bridgehead atoms. The molecule has 0 radical (unpaired) electrons. The fourth-order valence-corrected chi connectivity index (χ4v) is 5.69. The zero-order valence-corrected chi connectivity index (χ0v) is 19.6. The Morgan fingerprint density at radius 1 is 1.31 bits per heavy atom. The Labute approximate surface area is 195 Å². The summed E-state index contributed by atoms with van der Waals surface area (Å²) in [6.45, 7) is 2.31. The SMILES string of the molecule is COc1ccc(Cn2nnnc2SC(C)C(=O)Nc2sc3c(c2C#N)CCCCC3)cc1. The van der Waals surface area contributed by atoms with Crippen molar-refractivity contribution in [3.8, 4) is 11.8 Å². The molecule has 1 aliphatic carbocycles. The summed E-state index contributed by atoms with van der Waals surface area (Å²) in [4.78, 5) is 14.1. The number of thiophene rings is 1. The van der Waals surface area contributed by atoms with Crippen LogP contribution in [0.5, 0.6) is 5.75 Å². The van der Waals surface area contributed by atoms with Gasteiger partial charge in [-0.15, -0.1) is 16.4 Å². The third-order valence-corrected chi connectivity index (χ3v) is 7.69. The lowest BCUT2D eigenvalue weighted by molar-refractivity contribution is -0.115. The molecule has 0 spiro atoms. The van der Waals surface area contributed by atoms with Gasteiger partial charge in [0.05, 0.1) is 24.5 Å². The maximum Gasteiger partial charge on any atom is 0.238 e. The van der Waals surface area contributed by atoms with E-state index in [-0.39, 0.29) is 5.91 Å². The van der Waals surface area contributed by atoms with Crippen LogP contribution >= 0.6 is 23.1 Å². The van der Waals surface area contributed by atoms with E-state index in [1.165, 1.54) is 23.1 Å². The van der Waals surface area contributed by atoms with Crippen molar-refractivity contribution in [1.82, 2.24) is 20.2 Å². The molecule has 32 heavy (non-hydrogen) atoms. The number of aromatic nitrogens is 4. The minimum atomic E-state index is -0.427. The van der Waals surface area contributed by atoms with Gasteiger partial charge in [-0.25, -0.2) is 4.68 Å². The van der Waals surface area contributed by atoms with Gasteiger partial charge in [0, 0.05) is 4.88 Å². The Kier molecular flexibility index (Phi) is 7.07. The van der Waals surface area contributed by atoms with Crippen molar-refractivity contribution >= 4 is 34.0 Å². The lowest BCUT2D eigenvalue weighted by Crippen LogP contribution is -2.23. The molecule has 1 N–H and O–H groups in total. The summed E-state index contributed by atoms with van der Waals surface area (Å²) in [7, 11) is 1.63. The summed E-state index contributed by atoms with van der Waals surface area (Å²) >= 11 is 2.84. The van der Waals surface area contributed by atoms with E-state index < -0.39 is 5.25 Å². The number of aryl methyl sites for hydroxylation is 1. The van der Waals surface area contributed by atoms with Crippen molar-refractivity contribution in [2.24, 2.45) is 0 Å². The molecule has 0 fully saturated rings. The predicted molar refractivity (Wildman–Crippen MR) is 124 cm³/mol. The van der Waals surface area contributed by atoms with Crippen LogP contribution in [0.2, 0.25) is 0 Å². The van der Waals surface area contributed by atoms with E-state index in [2.05, 4.69) is 26.9 Å². The minimum Gasteiger partial charge on any atom is -0.497 e. The van der Waals surface area contributed by atoms with Gasteiger partial charge < -0.3 is 10.1 Å². The van der Waals surface area contributed by atoms with Gasteiger partial charge in [-0.3, -0.25) is 4.79 Å². The molecule has 0 saturated carbocycles. The number of hydrogen-bond acceptors (Lipinski definition) is 8. The highest BCUT2D eigenvalue weighted by atomic mass is 32.2. The number of benzene rings is 1. The normalized spacial score (nSPS) is 14.2. The summed E-state index contributed by atoms with van der Waals surface area (Å²) < 4.78 is 6.86. The molecule has 1 atom stereocenters. The van der Waals surface area contributed by atoms with Crippen molar-refractivity contribution in [3.63, 3.8) is 0 Å². The number of nitrogens with one attached hydrogen (secondary N) is 1. The van der Waals surface area contributed by atoms with Gasteiger partial charge in [0.15, 0.2) is 0 Å². The third-order valence-electron chi connectivity index (χ3n) is 5.41. The third kappa shape index (κ3) is 4.95. The largest absolute Gasteiger partial charge is 0.497 e. The van der Waals surface area contributed by atoms with Gasteiger partial charge in [0.2, 0.25) is 11.1 Å². The van der Waals surface area contributed by atoms with Crippen LogP contribution in [0.1, 0.15) is 47.8 Å². The summed E-state index contributed by atoms with van der Waals surface area (Å²) in [5.41, 5.74) is 2.77. The van der Waals surface area contributed by atoms with E-state index in [9.17, 15) is 10.1 Å². The van der Waals surface area contributed by atoms with Crippen LogP contribution in [0.15, 0.2) is 29.4 Å². The van der Waals surface area contributed by atoms with Crippen molar-refractivity contribution in [2.75, 3.05) is 12.4 Å². The molecule has 0 aliphatic heterocycles. The van der Waals surface area contributed by atoms with Crippen LogP contribution in [0, 0.1) is 11.3 Å². The average Bonchev–Trinajstić information content (AvgIpc) is 3.29. The number of amides is 1. The number of ether oxygens (including phenoxy) is 1. The molecule has 8 nitrogen and oxygen atoms in total. The van der Waals surface area contributed by atoms with Crippen LogP contribution in [0.4, 0.5) is 5.00 Å². The van der Waals surface area contributed by atoms with Crippen molar-refractivity contribution in [1.29, 1.82) is 5.26 Å². The summed E-state index contributed by atoms with van der Waals surface area (Å²) in [6, 6.07) is 9.99. The van der Waals surface area contributed by atoms with Crippen LogP contribution in [-0.4, -0.2) is 38.5 Å². The number of nitriles is 1. The second-order valence-corrected chi connectivity index (χ2v) is 10.0. The first kappa shape index (κ1) is 22.3. The molecular weight excluding hydrogens is 444 g/mol. The fourth-order valence-electron chi connectivity index (χ4n) is 3.66. The topological polar surface area (TPSA) is 106 Å². The Morgan fingerprint density at radius 2 is 2.09 bits per heavy atom. The Bertz CT molecular complexity index is 1130. The lowest BCUT2D eigenvalue weighted by atomic mass is 10.1. The number of tetrazole rings is 1. The molecule has 1 aromatic carbocycles. The molecule has 1 unspecified atom stereocenters. The summed E-state index contributed by atoms with van der Waals surface area (Å²) in [5, 5.41) is 25.4. The Morgan fingerprint density at radius 3 is 2.84 bits per heavy atom. The number of carbonyl (C=O) groups excluding carboxylic acids is 1. The van der Waals surface area contributed by atoms with E-state index >= 15 is 0 Å². The molecule has 4 rings (SSSR count). The highest BCUT2D eigenvalue weighted by Gasteiger charge is 2.24. The number of nitrogens with zero attached hydrogens (tertiary/aromatic N) is 5. The molecule has 166 valence electrons. The van der Waals surface area contributed by atoms with Crippen LogP contribution in [0.25, 0.3) is 0 Å². The maximum absolute atomic E-state index is 12.9. The summed E-state index contributed by atoms with van der Waals surface area (Å²) in [6.07, 6.45) is 5.31. The number of rotatable bonds is 7. The highest BCUT2D eigenvalue weighted by molar-refractivity contribution is 8.00. The van der Waals surface area contributed by atoms with E-state index in [0.717, 1.165) is 42.6 Å². The monoisotopic (exact) mass is 468 g/mol. The minimum absolute atomic E-state index is 0.165. The Hall–Kier alpha value is -2.90. The highest BCUT2D eigenvalue weighted by Crippen LogP contribution is 2.37. The second kappa shape index (κ2) is 10.1. The fraction of sp³-hybridized carbons (Fsp3) is 0.409. The maximum atomic E-state index is 12.9. The van der Waals surface area contributed by atoms with E-state index in [1.807, 2.05) is 31.2 Å². The Balaban J connectivity index is 1.43. The quantitative estimate of drug-likeness (QED) is 0.412. The number of hydrogen-bond donors (Lipinski definition) is 1. The first-order valence-electron chi connectivity index (χ1n) is 10.5. The molecule has 3 aromatic rings. The number of thioether (sulfide) groups is 1. The molecule has 0 saturated heterocycles. The molecule has 1 amide bonds. The van der Waals surface area contributed by atoms with Gasteiger partial charge >= 0.3 is 0 Å². The standard InChI is InChI=1S/C22H24N6O2S2/c1-14(20(29)24-21-18(12-23)17-6-4-3-5-7-19(17)32-21)31-22-25-26-27-28(22)13-15-8-10-16(30-2)11-9-15/h8-11,14H,3-7,13H2,1-2H3,(H,24,29). The first-order valence-corrected chi connectivity index (χ1v) is 12.2. The van der Waals surface area contributed by atoms with Gasteiger partial charge in [-0.05, 0) is 66.3 Å². The van der Waals surface area contributed by atoms with Crippen LogP contribution < -0.4 is 10.1 Å². The van der Waals surface area contributed by atoms with Crippen molar-refractivity contribution in [3.05, 3.63) is 45.8 Å². The molecular formula is C22H24N6O2S2. The molecule has 2 heterocycles. The molecule has 2 aromatic heterocycles. The van der Waals surface area contributed by atoms with E-state index in [0.29, 0.717) is 22.3 Å². The van der Waals surface area contributed by atoms with Crippen molar-refractivity contribution < 1.29 is 9.53 Å². The van der Waals surface area contributed by atoms with Crippen LogP contribution in [0.3, 0.4) is 0 Å². The zero-order chi connectivity index (χ0) is 22.5. The van der Waals surface area contributed by atoms with Gasteiger partial charge in [-0.1, -0.05) is 30.3 Å². The van der Waals surface area contributed by atoms with E-state index in [1.54, 1.807) is 23.1 Å². The number of carbonyl (C=O) groups is 1. The number of methoxy groups -OCH3 is 1. The van der Waals surface area contributed by atoms with E-state index in [4.69, 9.17) is 4.74 Å². The lowest BCUT2D eigenvalue weighted by Gasteiger charge is -2.11. The second-order valence-electron chi connectivity index (χ2n) is 7.60. The van der Waals surface area contributed by atoms with Gasteiger partial charge in [-0.2, -0.15) is 5.26 Å². The molecule has 1 aliphatic rings. The van der Waals surface area contributed by atoms with Gasteiger partial charge in [0.25, 0.3) is 0 Å². The predicted octanol–water partition coefficient (Wildman–Crippen LogP) is 4.05. The van der Waals surface area contributed by atoms with Crippen LogP contribution in [-0.2, 0) is 24.2 Å². The zero-order valence-electron chi connectivity index (χ0n) is 18.0. The van der Waals surface area contributed by atoms with Crippen molar-refractivity contribution in [2.45, 2.75) is 56.0 Å². The number of fused-ring (bicyclic) bond motifs is 1. The summed E-state index contributed by atoms with van der Waals surface area (Å²) in [5.74, 6) is 0.620. The molecule has 10 heteroatoms.